The van der Waals surface area contributed by atoms with E-state index in [1.165, 1.54) is 57.8 Å². The van der Waals surface area contributed by atoms with E-state index in [-0.39, 0.29) is 23.9 Å². The van der Waals surface area contributed by atoms with Gasteiger partial charge in [-0.05, 0) is 75.8 Å². The fraction of sp³-hybridized carbons (Fsp3) is 0.655. The Labute approximate surface area is 217 Å². The van der Waals surface area contributed by atoms with Gasteiger partial charge in [0.2, 0.25) is 5.71 Å². The maximum atomic E-state index is 13.9. The van der Waals surface area contributed by atoms with Crippen LogP contribution < -0.4 is 5.56 Å². The van der Waals surface area contributed by atoms with Crippen molar-refractivity contribution in [1.29, 1.82) is 0 Å². The van der Waals surface area contributed by atoms with Crippen LogP contribution in [0.15, 0.2) is 34.2 Å². The molecule has 2 aromatic rings. The van der Waals surface area contributed by atoms with Crippen LogP contribution in [-0.2, 0) is 9.63 Å². The van der Waals surface area contributed by atoms with Gasteiger partial charge in [0.15, 0.2) is 5.69 Å². The summed E-state index contributed by atoms with van der Waals surface area (Å²) in [6.45, 7) is 1.93. The van der Waals surface area contributed by atoms with Crippen LogP contribution in [0.3, 0.4) is 0 Å². The number of para-hydroxylation sites is 2. The van der Waals surface area contributed by atoms with Crippen molar-refractivity contribution in [2.75, 3.05) is 6.61 Å². The first-order valence-electron chi connectivity index (χ1n) is 14.3. The largest absolute Gasteiger partial charge is 0.476 e. The zero-order chi connectivity index (χ0) is 25.5. The molecule has 198 valence electrons. The van der Waals surface area contributed by atoms with Crippen molar-refractivity contribution in [1.82, 2.24) is 14.5 Å². The molecule has 1 aromatic carbocycles. The zero-order valence-corrected chi connectivity index (χ0v) is 21.7. The van der Waals surface area contributed by atoms with E-state index in [1.54, 1.807) is 6.92 Å². The smallest absolute Gasteiger partial charge is 0.360 e. The molecule has 2 aliphatic carbocycles. The van der Waals surface area contributed by atoms with Gasteiger partial charge in [-0.25, -0.2) is 9.78 Å². The highest BCUT2D eigenvalue weighted by Crippen LogP contribution is 2.47. The van der Waals surface area contributed by atoms with Crippen LogP contribution in [0.25, 0.3) is 11.0 Å². The van der Waals surface area contributed by atoms with Gasteiger partial charge in [-0.15, -0.1) is 0 Å². The molecule has 1 N–H and O–H groups in total. The number of oxime groups is 1. The number of piperidine rings is 1. The number of hydrogen-bond donors (Lipinski definition) is 1. The highest BCUT2D eigenvalue weighted by atomic mass is 16.6. The predicted molar refractivity (Wildman–Crippen MR) is 142 cm³/mol. The minimum Gasteiger partial charge on any atom is -0.476 e. The van der Waals surface area contributed by atoms with Gasteiger partial charge in [-0.3, -0.25) is 9.69 Å². The van der Waals surface area contributed by atoms with Gasteiger partial charge in [0.05, 0.1) is 11.0 Å². The first-order valence-corrected chi connectivity index (χ1v) is 14.3. The summed E-state index contributed by atoms with van der Waals surface area (Å²) in [4.78, 5) is 38.2. The van der Waals surface area contributed by atoms with Gasteiger partial charge >= 0.3 is 5.97 Å². The molecule has 4 fully saturated rings. The highest BCUT2D eigenvalue weighted by Gasteiger charge is 2.47. The molecule has 0 radical (unpaired) electrons. The second kappa shape index (κ2) is 10.2. The van der Waals surface area contributed by atoms with Gasteiger partial charge in [0.1, 0.15) is 6.61 Å². The standard InChI is InChI=1S/C29H38N4O4/c1-2-37-31-27(29(35)36)26-28(34)33(25-10-6-5-9-24(25)30-26)23-16-20-11-12-21(17-23)32(20)22-14-18-7-3-4-8-19(13-18)15-22/h5-6,9-10,18-23H,2-4,7-8,11-17H2,1H3,(H,35,36)/b31-27-/t18?,19?,20-,21+,22?,23+. The van der Waals surface area contributed by atoms with Crippen molar-refractivity contribution in [2.45, 2.75) is 102 Å². The van der Waals surface area contributed by atoms with Gasteiger partial charge in [-0.1, -0.05) is 43.0 Å². The normalized spacial score (nSPS) is 32.3. The Morgan fingerprint density at radius 2 is 1.65 bits per heavy atom. The number of aliphatic carboxylic acids is 1. The van der Waals surface area contributed by atoms with Crippen molar-refractivity contribution in [3.8, 4) is 0 Å². The Balaban J connectivity index is 1.34. The molecule has 2 saturated heterocycles. The first kappa shape index (κ1) is 24.6. The molecule has 4 aliphatic rings. The summed E-state index contributed by atoms with van der Waals surface area (Å²) in [5.41, 5.74) is 0.399. The third-order valence-electron chi connectivity index (χ3n) is 9.41. The lowest BCUT2D eigenvalue weighted by Gasteiger charge is -2.48. The van der Waals surface area contributed by atoms with Gasteiger partial charge in [-0.2, -0.15) is 0 Å². The topological polar surface area (TPSA) is 97.0 Å². The third kappa shape index (κ3) is 4.58. The Morgan fingerprint density at radius 3 is 2.30 bits per heavy atom. The lowest BCUT2D eigenvalue weighted by molar-refractivity contribution is -0.129. The molecular weight excluding hydrogens is 468 g/mol. The number of carboxylic acids is 1. The Bertz CT molecular complexity index is 1230. The molecule has 6 rings (SSSR count). The van der Waals surface area contributed by atoms with Crippen molar-refractivity contribution >= 4 is 22.7 Å². The van der Waals surface area contributed by atoms with Crippen LogP contribution >= 0.6 is 0 Å². The van der Waals surface area contributed by atoms with Crippen LogP contribution in [0.4, 0.5) is 0 Å². The van der Waals surface area contributed by atoms with E-state index in [0.29, 0.717) is 23.6 Å². The lowest BCUT2D eigenvalue weighted by atomic mass is 9.76. The molecule has 37 heavy (non-hydrogen) atoms. The molecule has 2 aliphatic heterocycles. The second-order valence-corrected chi connectivity index (χ2v) is 11.6. The average molecular weight is 507 g/mol. The number of hydrogen-bond acceptors (Lipinski definition) is 6. The predicted octanol–water partition coefficient (Wildman–Crippen LogP) is 4.75. The minimum absolute atomic E-state index is 0.0147. The van der Waals surface area contributed by atoms with Crippen LogP contribution in [0.2, 0.25) is 0 Å². The quantitative estimate of drug-likeness (QED) is 0.449. The summed E-state index contributed by atoms with van der Waals surface area (Å²) in [6, 6.07) is 9.19. The molecular formula is C29H38N4O4. The first-order chi connectivity index (χ1) is 18.0. The maximum absolute atomic E-state index is 13.9. The molecule has 2 saturated carbocycles. The molecule has 3 heterocycles. The number of aromatic nitrogens is 2. The van der Waals surface area contributed by atoms with Crippen LogP contribution in [0.5, 0.6) is 0 Å². The summed E-state index contributed by atoms with van der Waals surface area (Å²) < 4.78 is 1.82. The van der Waals surface area contributed by atoms with Crippen molar-refractivity contribution in [3.05, 3.63) is 40.3 Å². The number of carbonyl (C=O) groups is 1. The molecule has 4 bridgehead atoms. The molecule has 8 nitrogen and oxygen atoms in total. The van der Waals surface area contributed by atoms with Crippen LogP contribution in [-0.4, -0.2) is 56.0 Å². The summed E-state index contributed by atoms with van der Waals surface area (Å²) in [6.07, 6.45) is 13.9. The van der Waals surface area contributed by atoms with E-state index >= 15 is 0 Å². The Hall–Kier alpha value is -2.74. The summed E-state index contributed by atoms with van der Waals surface area (Å²) in [5, 5.41) is 13.6. The van der Waals surface area contributed by atoms with E-state index < -0.39 is 11.7 Å². The Morgan fingerprint density at radius 1 is 0.973 bits per heavy atom. The maximum Gasteiger partial charge on any atom is 0.360 e. The van der Waals surface area contributed by atoms with Gasteiger partial charge in [0.25, 0.3) is 5.56 Å². The van der Waals surface area contributed by atoms with E-state index in [4.69, 9.17) is 4.84 Å². The number of fused-ring (bicyclic) bond motifs is 5. The fourth-order valence-corrected chi connectivity index (χ4v) is 8.09. The lowest BCUT2D eigenvalue weighted by Crippen LogP contribution is -2.52. The van der Waals surface area contributed by atoms with Crippen molar-refractivity contribution in [2.24, 2.45) is 17.0 Å². The molecule has 8 heteroatoms. The third-order valence-corrected chi connectivity index (χ3v) is 9.41. The molecule has 5 atom stereocenters. The summed E-state index contributed by atoms with van der Waals surface area (Å²) in [7, 11) is 0. The van der Waals surface area contributed by atoms with Gasteiger partial charge < -0.3 is 14.5 Å². The van der Waals surface area contributed by atoms with Crippen LogP contribution in [0.1, 0.15) is 89.3 Å². The SMILES string of the molecule is CCO/N=C(\C(=O)O)c1nc2ccccc2n([C@H]2C[C@H]3CC[C@@H](C2)N3C2CC3CCCCC(C3)C2)c1=O. The van der Waals surface area contributed by atoms with Crippen molar-refractivity contribution < 1.29 is 14.7 Å². The number of nitrogens with zero attached hydrogens (tertiary/aromatic N) is 4. The number of carboxylic acid groups (broad SMARTS) is 1. The highest BCUT2D eigenvalue weighted by molar-refractivity contribution is 6.41. The van der Waals surface area contributed by atoms with E-state index in [1.807, 2.05) is 28.8 Å². The Kier molecular flexibility index (Phi) is 6.78. The summed E-state index contributed by atoms with van der Waals surface area (Å²) >= 11 is 0. The fourth-order valence-electron chi connectivity index (χ4n) is 8.09. The second-order valence-electron chi connectivity index (χ2n) is 11.6. The van der Waals surface area contributed by atoms with Crippen LogP contribution in [0, 0.1) is 11.8 Å². The summed E-state index contributed by atoms with van der Waals surface area (Å²) in [5.74, 6) is 0.460. The minimum atomic E-state index is -1.31. The molecule has 1 aromatic heterocycles. The van der Waals surface area contributed by atoms with E-state index in [9.17, 15) is 14.7 Å². The number of benzene rings is 1. The zero-order valence-electron chi connectivity index (χ0n) is 21.7. The number of rotatable bonds is 6. The molecule has 0 amide bonds. The van der Waals surface area contributed by atoms with Gasteiger partial charge in [0, 0.05) is 24.2 Å². The van der Waals surface area contributed by atoms with E-state index in [0.717, 1.165) is 30.2 Å². The monoisotopic (exact) mass is 506 g/mol. The van der Waals surface area contributed by atoms with Crippen molar-refractivity contribution in [3.63, 3.8) is 0 Å². The molecule has 2 unspecified atom stereocenters. The average Bonchev–Trinajstić information content (AvgIpc) is 3.04. The van der Waals surface area contributed by atoms with E-state index in [2.05, 4.69) is 15.0 Å². The molecule has 0 spiro atoms.